The molecule has 3 aliphatic carbocycles. The van der Waals surface area contributed by atoms with Gasteiger partial charge in [-0.3, -0.25) is 0 Å². The average Bonchev–Trinajstić information content (AvgIpc) is 0.776. The molecule has 9 fully saturated rings. The average molecular weight is 2150 g/mol. The number of aliphatic hydroxyl groups is 21. The van der Waals surface area contributed by atoms with Crippen molar-refractivity contribution >= 4 is 30.5 Å². The summed E-state index contributed by atoms with van der Waals surface area (Å²) in [7, 11) is 0. The number of hydrogen-bond donors (Lipinski definition) is 32. The first-order valence-electron chi connectivity index (χ1n) is 47.6. The van der Waals surface area contributed by atoms with E-state index >= 15 is 0 Å². The molecule has 45 atom stereocenters. The maximum atomic E-state index is 13.0. The van der Waals surface area contributed by atoms with Crippen molar-refractivity contribution in [3.05, 3.63) is 144 Å². The van der Waals surface area contributed by atoms with E-state index in [1.807, 2.05) is 6.07 Å². The Morgan fingerprint density at radius 3 is 0.906 bits per heavy atom. The van der Waals surface area contributed by atoms with Crippen molar-refractivity contribution in [3.8, 4) is 0 Å². The normalized spacial score (nSPS) is 39.2. The summed E-state index contributed by atoms with van der Waals surface area (Å²) in [4.78, 5) is 60.6. The van der Waals surface area contributed by atoms with Gasteiger partial charge in [-0.2, -0.15) is 0 Å². The highest BCUT2D eigenvalue weighted by Gasteiger charge is 2.58. The molecule has 39 N–H and O–H groups in total. The zero-order valence-corrected chi connectivity index (χ0v) is 80.4. The molecule has 58 heteroatoms. The first-order valence-corrected chi connectivity index (χ1v) is 47.6. The van der Waals surface area contributed by atoms with Crippen molar-refractivity contribution in [2.75, 3.05) is 46.1 Å². The molecule has 0 radical (unpaired) electrons. The highest BCUT2D eigenvalue weighted by Crippen LogP contribution is 2.39. The fourth-order valence-corrected chi connectivity index (χ4v) is 17.5. The van der Waals surface area contributed by atoms with E-state index in [1.165, 1.54) is 13.8 Å². The summed E-state index contributed by atoms with van der Waals surface area (Å²) in [5.41, 5.74) is 45.1. The number of benzene rings is 4. The third kappa shape index (κ3) is 33.2. The first-order chi connectivity index (χ1) is 70.7. The number of ether oxygens (including phenoxy) is 18. The fourth-order valence-electron chi connectivity index (χ4n) is 17.5. The standard InChI is InChI=1S/C35H49N3O15.C34H48N4O15.C18H36N4O11.C4H5F3O3/c1-17-24(40)23(14-39)51-32(25(17)41)52-30-20(36)12-21(38-35(47)49-16-19-10-6-3-7-11-19)31(29(30)45)53-33-28(44)27(43)26(42)22(50-33)13-37-34(46)48-15-18-8-4-2-5-9-18;35-18-11-19(38-34(47)49-15-17-9-5-2-6-10-17)30(28(45)29(18)52-31-25(42)22(36)23(40)21(13-39)51-31)53-32-27(44)26(43)24(41)20(50-32)12-37-33(46)48-14-16-7-3-1-4-8-16;19-2-6-10(25)12(27)13(28)18(30-6)33-16-5(21)1-4(20)15(14(16)29)32-17-11(26)8(22)9(24)7(3-23)31-17;1-2-9-3(8)10-4(5,6)7/h2-11,17,20-33,39-45H,12-16,36H2,1H3,(H,37,46)(H,38,47);1-10,18-32,39-45H,11-15,35-36H2,(H,37,46)(H,38,47);4-18,23-29H,1-3,19-22H2;2H2,1H3/t17?,20-,21?,22?,23-,24+,25-,26-,27?,28+,29?,30-,31-,32?,33-;18-,19?,20?,21-,22?,23-,24-,25-,26?,27+,28?,29-,30-,31?,32-;4-,5?,6?,7-,8?,9-,10-,11-,12?,13+,14?,15-,16-,17?,18-;/m111./s1. The van der Waals surface area contributed by atoms with Crippen molar-refractivity contribution in [2.45, 2.75) is 335 Å². The van der Waals surface area contributed by atoms with Gasteiger partial charge in [0, 0.05) is 49.7 Å². The monoisotopic (exact) mass is 2150 g/mol. The molecule has 0 bridgehead atoms. The van der Waals surface area contributed by atoms with Crippen LogP contribution in [0.2, 0.25) is 0 Å². The van der Waals surface area contributed by atoms with E-state index in [1.54, 1.807) is 115 Å². The molecule has 4 amide bonds. The molecule has 6 saturated heterocycles. The second kappa shape index (κ2) is 57.6. The van der Waals surface area contributed by atoms with Crippen molar-refractivity contribution in [1.82, 2.24) is 21.3 Å². The number of halogens is 3. The van der Waals surface area contributed by atoms with Crippen LogP contribution < -0.4 is 61.4 Å². The summed E-state index contributed by atoms with van der Waals surface area (Å²) in [6.45, 7) is -0.327. The maximum absolute atomic E-state index is 13.0. The molecule has 0 spiro atoms. The van der Waals surface area contributed by atoms with Crippen molar-refractivity contribution < 1.29 is 230 Å². The largest absolute Gasteiger partial charge is 0.577 e. The van der Waals surface area contributed by atoms with Crippen LogP contribution in [0.15, 0.2) is 121 Å². The molecule has 18 unspecified atom stereocenters. The molecule has 4 aromatic carbocycles. The van der Waals surface area contributed by atoms with Crippen LogP contribution in [0, 0.1) is 5.92 Å². The van der Waals surface area contributed by atoms with E-state index in [2.05, 4.69) is 30.7 Å². The molecule has 9 aliphatic rings. The molecule has 55 nitrogen and oxygen atoms in total. The predicted octanol–water partition coefficient (Wildman–Crippen LogP) is -11.0. The van der Waals surface area contributed by atoms with Crippen LogP contribution in [0.1, 0.15) is 55.4 Å². The Hall–Kier alpha value is -8.58. The summed E-state index contributed by atoms with van der Waals surface area (Å²) >= 11 is 0. The summed E-state index contributed by atoms with van der Waals surface area (Å²) < 4.78 is 130. The molecule has 13 rings (SSSR count). The third-order valence-corrected chi connectivity index (χ3v) is 26.0. The molecular weight excluding hydrogens is 2010 g/mol. The van der Waals surface area contributed by atoms with Gasteiger partial charge in [-0.05, 0) is 48.4 Å². The van der Waals surface area contributed by atoms with Crippen LogP contribution in [0.4, 0.5) is 37.1 Å². The quantitative estimate of drug-likeness (QED) is 0.0164. The SMILES string of the molecule is CC1[C@@H](O)C(O[C@H]2C(O)[C@H](O[C@H]3OC(CNC(=O)OCc4ccccc4)[C@@H](O)C(O)[C@@H]3O)C(NC(=O)OCc3ccccc3)C[C@H]2N)O[C@H](CO)[C@H]1O.CCOC(=O)OC(F)(F)F.NC1[C@@H](O)C(O[C@H]2C(O)[C@H](O[C@H]3OC(CNC(=O)OCc4ccccc4)[C@@H](O)C(O)[C@@H]3O)C(NC(=O)OCc3ccccc3)C[C@H]2N)O[C@H](CO)[C@H]1O.NCC1O[C@H](O[C@@H]2C(N)C[C@@H](N)[C@@H](OC3O[C@H](CO)[C@@H](O)C(N)[C@H]3O)C2O)[C@@H](O)C(O)[C@@H]1O. The highest BCUT2D eigenvalue weighted by atomic mass is 19.4. The number of alkyl carbamates (subject to hydrolysis) is 4. The molecule has 842 valence electrons. The van der Waals surface area contributed by atoms with Gasteiger partial charge in [-0.15, -0.1) is 13.2 Å². The van der Waals surface area contributed by atoms with Crippen molar-refractivity contribution in [3.63, 3.8) is 0 Å². The zero-order chi connectivity index (χ0) is 109. The van der Waals surface area contributed by atoms with Crippen LogP contribution in [0.3, 0.4) is 0 Å². The highest BCUT2D eigenvalue weighted by molar-refractivity contribution is 5.69. The molecule has 149 heavy (non-hydrogen) atoms. The van der Waals surface area contributed by atoms with Crippen LogP contribution in [-0.4, -0.2) is 459 Å². The minimum atomic E-state index is -4.95. The minimum Gasteiger partial charge on any atom is -0.445 e. The second-order valence-electron chi connectivity index (χ2n) is 36.6. The maximum Gasteiger partial charge on any atom is 0.577 e. The molecule has 6 aliphatic heterocycles. The number of alkyl halides is 3. The van der Waals surface area contributed by atoms with E-state index in [9.17, 15) is 144 Å². The Morgan fingerprint density at radius 1 is 0.329 bits per heavy atom. The topological polar surface area (TPSA) is 907 Å². The summed E-state index contributed by atoms with van der Waals surface area (Å²) in [5, 5.41) is 230. The Kier molecular flexibility index (Phi) is 47.2. The summed E-state index contributed by atoms with van der Waals surface area (Å²) in [5.74, 6) is -0.802. The summed E-state index contributed by atoms with van der Waals surface area (Å²) in [6.07, 6.45) is -64.4. The van der Waals surface area contributed by atoms with Crippen LogP contribution in [0.5, 0.6) is 0 Å². The van der Waals surface area contributed by atoms with Crippen LogP contribution >= 0.6 is 0 Å². The first kappa shape index (κ1) is 122. The van der Waals surface area contributed by atoms with Gasteiger partial charge < -0.3 is 254 Å². The Balaban J connectivity index is 0.000000223. The number of rotatable bonds is 31. The second-order valence-corrected chi connectivity index (χ2v) is 36.6. The van der Waals surface area contributed by atoms with Gasteiger partial charge >= 0.3 is 36.9 Å². The zero-order valence-electron chi connectivity index (χ0n) is 80.4. The van der Waals surface area contributed by atoms with E-state index in [0.717, 1.165) is 11.1 Å². The molecule has 4 aromatic rings. The number of carbonyl (C=O) groups is 5. The Labute approximate surface area is 849 Å². The van der Waals surface area contributed by atoms with E-state index in [0.29, 0.717) is 11.1 Å². The van der Waals surface area contributed by atoms with Crippen LogP contribution in [0.25, 0.3) is 0 Å². The molecule has 3 saturated carbocycles. The molecular formula is C91H138F3N11O44. The molecule has 0 aromatic heterocycles. The van der Waals surface area contributed by atoms with Gasteiger partial charge in [-0.25, -0.2) is 24.0 Å². The van der Waals surface area contributed by atoms with Crippen molar-refractivity contribution in [2.24, 2.45) is 46.1 Å². The fraction of sp³-hybridized carbons (Fsp3) is 0.681. The third-order valence-electron chi connectivity index (χ3n) is 26.0. The van der Waals surface area contributed by atoms with Crippen LogP contribution in [-0.2, 0) is 112 Å². The van der Waals surface area contributed by atoms with E-state index in [4.69, 9.17) is 116 Å². The number of nitrogens with one attached hydrogen (secondary N) is 4. The van der Waals surface area contributed by atoms with E-state index in [-0.39, 0.29) is 65.4 Å². The number of amides is 4. The Morgan fingerprint density at radius 2 is 0.597 bits per heavy atom. The number of aliphatic hydroxyl groups excluding tert-OH is 21. The van der Waals surface area contributed by atoms with Gasteiger partial charge in [-0.1, -0.05) is 128 Å². The number of nitrogens with two attached hydrogens (primary N) is 7. The lowest BCUT2D eigenvalue weighted by Crippen LogP contribution is -2.69. The van der Waals surface area contributed by atoms with Gasteiger partial charge in [0.05, 0.1) is 56.7 Å². The summed E-state index contributed by atoms with van der Waals surface area (Å²) in [6, 6.07) is 26.9. The minimum absolute atomic E-state index is 0.0377. The predicted molar refractivity (Wildman–Crippen MR) is 491 cm³/mol. The number of carbonyl (C=O) groups excluding carboxylic acids is 5. The van der Waals surface area contributed by atoms with E-state index < -0.39 is 338 Å². The number of hydrogen-bond acceptors (Lipinski definition) is 51. The van der Waals surface area contributed by atoms with Gasteiger partial charge in [0.2, 0.25) is 0 Å². The lowest BCUT2D eigenvalue weighted by molar-refractivity contribution is -0.336. The van der Waals surface area contributed by atoms with Gasteiger partial charge in [0.15, 0.2) is 37.7 Å². The Bertz CT molecular complexity index is 4370. The lowest BCUT2D eigenvalue weighted by atomic mass is 9.83. The van der Waals surface area contributed by atoms with Gasteiger partial charge in [0.25, 0.3) is 0 Å². The van der Waals surface area contributed by atoms with Crippen molar-refractivity contribution in [1.29, 1.82) is 0 Å². The molecule has 6 heterocycles. The van der Waals surface area contributed by atoms with Gasteiger partial charge in [0.1, 0.15) is 203 Å². The lowest BCUT2D eigenvalue weighted by Gasteiger charge is -2.48. The smallest absolute Gasteiger partial charge is 0.445 e.